The van der Waals surface area contributed by atoms with Crippen molar-refractivity contribution in [2.45, 2.75) is 44.2 Å². The third kappa shape index (κ3) is 2.79. The highest BCUT2D eigenvalue weighted by Gasteiger charge is 2.74. The fourth-order valence-electron chi connectivity index (χ4n) is 2.09. The highest BCUT2D eigenvalue weighted by Crippen LogP contribution is 2.51. The number of rotatable bonds is 2. The molecule has 0 atom stereocenters. The lowest BCUT2D eigenvalue weighted by Crippen LogP contribution is -2.50. The summed E-state index contributed by atoms with van der Waals surface area (Å²) in [4.78, 5) is 6.92. The molecule has 0 saturated carbocycles. The molecule has 0 spiro atoms. The van der Waals surface area contributed by atoms with Gasteiger partial charge in [0.05, 0.1) is 5.69 Å². The van der Waals surface area contributed by atoms with E-state index in [-0.39, 0.29) is 17.0 Å². The second-order valence-corrected chi connectivity index (χ2v) is 6.32. The molecule has 4 nitrogen and oxygen atoms in total. The minimum atomic E-state index is -6.46. The molecule has 0 fully saturated rings. The highest BCUT2D eigenvalue weighted by molar-refractivity contribution is 5.50. The van der Waals surface area contributed by atoms with Crippen LogP contribution in [0, 0.1) is 11.3 Å². The van der Waals surface area contributed by atoms with Crippen molar-refractivity contribution >= 4 is 5.65 Å². The molecule has 136 valence electrons. The molecule has 0 amide bonds. The first-order valence-electron chi connectivity index (χ1n) is 6.76. The van der Waals surface area contributed by atoms with Gasteiger partial charge in [-0.2, -0.15) is 36.0 Å². The van der Waals surface area contributed by atoms with Crippen LogP contribution in [-0.2, 0) is 11.3 Å². The van der Waals surface area contributed by atoms with Gasteiger partial charge in [0.1, 0.15) is 29.4 Å². The van der Waals surface area contributed by atoms with Gasteiger partial charge in [-0.15, -0.1) is 0 Å². The smallest absolute Gasteiger partial charge is 0.274 e. The Morgan fingerprint density at radius 2 is 1.60 bits per heavy atom. The summed E-state index contributed by atoms with van der Waals surface area (Å²) in [5.74, 6) is -11.9. The fraction of sp³-hybridized carbons (Fsp3) is 0.500. The molecule has 0 radical (unpaired) electrons. The lowest BCUT2D eigenvalue weighted by Gasteiger charge is -2.27. The molecule has 2 aromatic rings. The van der Waals surface area contributed by atoms with Crippen molar-refractivity contribution in [3.63, 3.8) is 0 Å². The number of imidazole rings is 1. The Bertz CT molecular complexity index is 853. The van der Waals surface area contributed by atoms with E-state index in [1.807, 2.05) is 0 Å². The van der Waals surface area contributed by atoms with E-state index in [1.165, 1.54) is 0 Å². The van der Waals surface area contributed by atoms with Crippen molar-refractivity contribution in [2.24, 2.45) is 0 Å². The molecule has 11 heteroatoms. The maximum atomic E-state index is 13.7. The van der Waals surface area contributed by atoms with Crippen LogP contribution in [0.4, 0.5) is 30.7 Å². The van der Waals surface area contributed by atoms with Crippen LogP contribution in [-0.4, -0.2) is 26.5 Å². The lowest BCUT2D eigenvalue weighted by atomic mass is 9.91. The summed E-state index contributed by atoms with van der Waals surface area (Å²) in [5.41, 5.74) is -2.79. The number of nitriles is 1. The first-order valence-corrected chi connectivity index (χ1v) is 6.76. The van der Waals surface area contributed by atoms with Gasteiger partial charge in [-0.05, 0) is 0 Å². The Labute approximate surface area is 136 Å². The van der Waals surface area contributed by atoms with Crippen molar-refractivity contribution in [3.8, 4) is 6.07 Å². The van der Waals surface area contributed by atoms with E-state index >= 15 is 0 Å². The quantitative estimate of drug-likeness (QED) is 0.747. The Morgan fingerprint density at radius 3 is 2.04 bits per heavy atom. The van der Waals surface area contributed by atoms with Crippen molar-refractivity contribution in [3.05, 3.63) is 29.5 Å². The van der Waals surface area contributed by atoms with Gasteiger partial charge < -0.3 is 0 Å². The first-order chi connectivity index (χ1) is 11.1. The third-order valence-electron chi connectivity index (χ3n) is 3.40. The Morgan fingerprint density at radius 1 is 1.04 bits per heavy atom. The molecule has 25 heavy (non-hydrogen) atoms. The molecule has 0 N–H and O–H groups in total. The molecule has 0 aliphatic carbocycles. The zero-order valence-corrected chi connectivity index (χ0v) is 13.1. The second kappa shape index (κ2) is 5.31. The topological polar surface area (TPSA) is 54.0 Å². The molecule has 0 aromatic carbocycles. The highest BCUT2D eigenvalue weighted by atomic mass is 19.4. The molecule has 2 heterocycles. The van der Waals surface area contributed by atoms with Crippen LogP contribution in [0.5, 0.6) is 0 Å². The Balaban J connectivity index is 2.69. The maximum absolute atomic E-state index is 13.7. The number of fused-ring (bicyclic) bond motifs is 1. The van der Waals surface area contributed by atoms with Gasteiger partial charge in [0, 0.05) is 11.5 Å². The molecule has 0 bridgehead atoms. The van der Waals surface area contributed by atoms with Gasteiger partial charge in [-0.3, -0.25) is 4.40 Å². The average molecular weight is 368 g/mol. The van der Waals surface area contributed by atoms with Crippen molar-refractivity contribution in [2.75, 3.05) is 0 Å². The Hall–Kier alpha value is -2.38. The summed E-state index contributed by atoms with van der Waals surface area (Å²) in [6, 6.07) is 2.10. The third-order valence-corrected chi connectivity index (χ3v) is 3.40. The summed E-state index contributed by atoms with van der Waals surface area (Å²) in [7, 11) is 0. The van der Waals surface area contributed by atoms with Crippen LogP contribution in [0.3, 0.4) is 0 Å². The summed E-state index contributed by atoms with van der Waals surface area (Å²) in [5, 5.41) is 9.18. The molecule has 2 aromatic heterocycles. The summed E-state index contributed by atoms with van der Waals surface area (Å²) < 4.78 is 91.6. The number of hydrogen-bond donors (Lipinski definition) is 0. The largest absolute Gasteiger partial charge is 0.460 e. The number of hydrogen-bond acceptors (Lipinski definition) is 3. The fourth-order valence-corrected chi connectivity index (χ4v) is 2.09. The number of aromatic nitrogens is 3. The Kier molecular flexibility index (Phi) is 4.02. The van der Waals surface area contributed by atoms with E-state index in [1.54, 1.807) is 26.8 Å². The van der Waals surface area contributed by atoms with Crippen LogP contribution in [0.25, 0.3) is 5.65 Å². The van der Waals surface area contributed by atoms with Crippen LogP contribution in [0.15, 0.2) is 12.4 Å². The summed E-state index contributed by atoms with van der Waals surface area (Å²) in [6.07, 6.45) is -5.89. The van der Waals surface area contributed by atoms with Gasteiger partial charge in [-0.25, -0.2) is 9.97 Å². The summed E-state index contributed by atoms with van der Waals surface area (Å²) in [6.45, 7) is 4.99. The standard InChI is InChI=1S/C14H11F7N4/c1-11(2,3)10-7(5-22)25-6-23-8(4-9(25)24-10)12(15,16)13(17,18)14(19,20)21/h4,6H,1-3H3. The molecular weight excluding hydrogens is 357 g/mol. The zero-order chi connectivity index (χ0) is 19.4. The molecule has 0 aliphatic rings. The minimum Gasteiger partial charge on any atom is -0.274 e. The monoisotopic (exact) mass is 368 g/mol. The van der Waals surface area contributed by atoms with Gasteiger partial charge in [0.15, 0.2) is 0 Å². The summed E-state index contributed by atoms with van der Waals surface area (Å²) >= 11 is 0. The molecule has 0 aliphatic heterocycles. The molecular formula is C14H11F7N4. The van der Waals surface area contributed by atoms with Crippen molar-refractivity contribution < 1.29 is 30.7 Å². The molecule has 2 rings (SSSR count). The second-order valence-electron chi connectivity index (χ2n) is 6.32. The van der Waals surface area contributed by atoms with Crippen molar-refractivity contribution in [1.82, 2.24) is 14.4 Å². The lowest BCUT2D eigenvalue weighted by molar-refractivity contribution is -0.360. The average Bonchev–Trinajstić information content (AvgIpc) is 2.83. The van der Waals surface area contributed by atoms with Crippen LogP contribution in [0.1, 0.15) is 37.9 Å². The number of halogens is 7. The van der Waals surface area contributed by atoms with E-state index in [0.717, 1.165) is 4.40 Å². The van der Waals surface area contributed by atoms with Crippen LogP contribution < -0.4 is 0 Å². The van der Waals surface area contributed by atoms with E-state index in [0.29, 0.717) is 12.4 Å². The minimum absolute atomic E-state index is 0.0764. The van der Waals surface area contributed by atoms with E-state index in [2.05, 4.69) is 9.97 Å². The van der Waals surface area contributed by atoms with Crippen LogP contribution in [0.2, 0.25) is 0 Å². The number of nitrogens with zero attached hydrogens (tertiary/aromatic N) is 4. The first kappa shape index (κ1) is 19.0. The SMILES string of the molecule is CC(C)(C)c1nc2cc(C(F)(F)C(F)(F)C(F)(F)F)ncn2c1C#N. The molecule has 0 unspecified atom stereocenters. The van der Waals surface area contributed by atoms with E-state index in [9.17, 15) is 36.0 Å². The predicted octanol–water partition coefficient (Wildman–Crippen LogP) is 4.19. The van der Waals surface area contributed by atoms with E-state index in [4.69, 9.17) is 0 Å². The van der Waals surface area contributed by atoms with E-state index < -0.39 is 29.1 Å². The number of alkyl halides is 7. The van der Waals surface area contributed by atoms with Gasteiger partial charge in [0.25, 0.3) is 0 Å². The van der Waals surface area contributed by atoms with Gasteiger partial charge in [-0.1, -0.05) is 20.8 Å². The molecule has 0 saturated heterocycles. The predicted molar refractivity (Wildman–Crippen MR) is 71.3 cm³/mol. The normalized spacial score (nSPS) is 14.0. The van der Waals surface area contributed by atoms with Crippen LogP contribution >= 0.6 is 0 Å². The maximum Gasteiger partial charge on any atom is 0.460 e. The zero-order valence-electron chi connectivity index (χ0n) is 13.1. The van der Waals surface area contributed by atoms with Gasteiger partial charge in [0.2, 0.25) is 0 Å². The van der Waals surface area contributed by atoms with Crippen molar-refractivity contribution in [1.29, 1.82) is 5.26 Å². The van der Waals surface area contributed by atoms with Gasteiger partial charge >= 0.3 is 18.0 Å².